The first-order valence-corrected chi connectivity index (χ1v) is 8.11. The highest BCUT2D eigenvalue weighted by atomic mass is 16.4. The van der Waals surface area contributed by atoms with Crippen molar-refractivity contribution in [2.45, 2.75) is 71.4 Å². The van der Waals surface area contributed by atoms with Crippen molar-refractivity contribution in [1.82, 2.24) is 10.2 Å². The Hall–Kier alpha value is -0.610. The fourth-order valence-electron chi connectivity index (χ4n) is 3.22. The van der Waals surface area contributed by atoms with Crippen LogP contribution in [-0.2, 0) is 4.79 Å². The highest BCUT2D eigenvalue weighted by Crippen LogP contribution is 2.20. The number of aliphatic carboxylic acids is 1. The monoisotopic (exact) mass is 284 g/mol. The molecular formula is C16H32N2O2. The second-order valence-electron chi connectivity index (χ2n) is 6.76. The average molecular weight is 284 g/mol. The van der Waals surface area contributed by atoms with Crippen molar-refractivity contribution in [1.29, 1.82) is 0 Å². The molecule has 118 valence electrons. The van der Waals surface area contributed by atoms with Crippen LogP contribution in [0.3, 0.4) is 0 Å². The first kappa shape index (κ1) is 17.4. The third kappa shape index (κ3) is 5.41. The number of hydrogen-bond acceptors (Lipinski definition) is 3. The summed E-state index contributed by atoms with van der Waals surface area (Å²) in [7, 11) is 0. The van der Waals surface area contributed by atoms with E-state index >= 15 is 0 Å². The summed E-state index contributed by atoms with van der Waals surface area (Å²) in [6, 6.07) is 0.190. The first-order valence-electron chi connectivity index (χ1n) is 8.11. The minimum absolute atomic E-state index is 0.190. The summed E-state index contributed by atoms with van der Waals surface area (Å²) < 4.78 is 0. The summed E-state index contributed by atoms with van der Waals surface area (Å²) in [5, 5.41) is 12.6. The fourth-order valence-corrected chi connectivity index (χ4v) is 3.22. The van der Waals surface area contributed by atoms with Gasteiger partial charge in [-0.25, -0.2) is 0 Å². The molecule has 0 saturated carbocycles. The Kier molecular flexibility index (Phi) is 6.96. The Bertz CT molecular complexity index is 307. The lowest BCUT2D eigenvalue weighted by atomic mass is 9.93. The van der Waals surface area contributed by atoms with Crippen molar-refractivity contribution in [3.63, 3.8) is 0 Å². The van der Waals surface area contributed by atoms with E-state index in [9.17, 15) is 9.90 Å². The van der Waals surface area contributed by atoms with Gasteiger partial charge < -0.3 is 10.0 Å². The third-order valence-corrected chi connectivity index (χ3v) is 4.41. The van der Waals surface area contributed by atoms with Gasteiger partial charge in [-0.05, 0) is 65.5 Å². The number of likely N-dealkylation sites (tertiary alicyclic amines) is 1. The molecule has 0 spiro atoms. The van der Waals surface area contributed by atoms with Gasteiger partial charge in [0.2, 0.25) is 0 Å². The number of carboxylic acids is 1. The molecule has 2 N–H and O–H groups in total. The number of nitrogens with one attached hydrogen (secondary N) is 1. The van der Waals surface area contributed by atoms with Crippen molar-refractivity contribution in [2.75, 3.05) is 19.6 Å². The number of carboxylic acid groups (broad SMARTS) is 1. The molecule has 0 aromatic carbocycles. The van der Waals surface area contributed by atoms with Crippen molar-refractivity contribution >= 4 is 5.97 Å². The van der Waals surface area contributed by atoms with Gasteiger partial charge in [-0.15, -0.1) is 0 Å². The molecule has 0 aromatic rings. The van der Waals surface area contributed by atoms with E-state index in [1.165, 1.54) is 32.4 Å². The largest absolute Gasteiger partial charge is 0.480 e. The highest BCUT2D eigenvalue weighted by molar-refractivity contribution is 5.78. The molecule has 4 nitrogen and oxygen atoms in total. The Morgan fingerprint density at radius 2 is 2.20 bits per heavy atom. The SMILES string of the molecule is CCC1CCCN(CCCC(C)(NC(C)C)C(=O)O)C1. The van der Waals surface area contributed by atoms with Gasteiger partial charge in [0.1, 0.15) is 5.54 Å². The van der Waals surface area contributed by atoms with Gasteiger partial charge in [0.15, 0.2) is 0 Å². The number of rotatable bonds is 8. The van der Waals surface area contributed by atoms with E-state index in [1.54, 1.807) is 6.92 Å². The average Bonchev–Trinajstić information content (AvgIpc) is 2.38. The van der Waals surface area contributed by atoms with Gasteiger partial charge in [0, 0.05) is 12.6 Å². The van der Waals surface area contributed by atoms with Gasteiger partial charge in [0.25, 0.3) is 0 Å². The fraction of sp³-hybridized carbons (Fsp3) is 0.938. The molecule has 1 aliphatic rings. The van der Waals surface area contributed by atoms with Crippen LogP contribution < -0.4 is 5.32 Å². The summed E-state index contributed by atoms with van der Waals surface area (Å²) in [5.41, 5.74) is -0.798. The first-order chi connectivity index (χ1) is 9.37. The van der Waals surface area contributed by atoms with Crippen LogP contribution >= 0.6 is 0 Å². The second kappa shape index (κ2) is 7.99. The van der Waals surface area contributed by atoms with Gasteiger partial charge in [-0.2, -0.15) is 0 Å². The molecule has 1 heterocycles. The maximum Gasteiger partial charge on any atom is 0.323 e. The highest BCUT2D eigenvalue weighted by Gasteiger charge is 2.33. The molecular weight excluding hydrogens is 252 g/mol. The molecule has 0 aliphatic carbocycles. The lowest BCUT2D eigenvalue weighted by Crippen LogP contribution is -2.52. The Balaban J connectivity index is 2.38. The topological polar surface area (TPSA) is 52.6 Å². The van der Waals surface area contributed by atoms with Crippen LogP contribution in [-0.4, -0.2) is 47.2 Å². The van der Waals surface area contributed by atoms with E-state index in [1.807, 2.05) is 13.8 Å². The molecule has 1 saturated heterocycles. The van der Waals surface area contributed by atoms with Crippen LogP contribution in [0.25, 0.3) is 0 Å². The molecule has 1 rings (SSSR count). The van der Waals surface area contributed by atoms with Crippen molar-refractivity contribution < 1.29 is 9.90 Å². The Morgan fingerprint density at radius 3 is 2.75 bits per heavy atom. The van der Waals surface area contributed by atoms with Crippen LogP contribution in [0.2, 0.25) is 0 Å². The maximum absolute atomic E-state index is 11.5. The van der Waals surface area contributed by atoms with E-state index < -0.39 is 11.5 Å². The molecule has 20 heavy (non-hydrogen) atoms. The minimum Gasteiger partial charge on any atom is -0.480 e. The molecule has 0 bridgehead atoms. The van der Waals surface area contributed by atoms with Crippen LogP contribution in [0.15, 0.2) is 0 Å². The molecule has 1 fully saturated rings. The van der Waals surface area contributed by atoms with E-state index in [4.69, 9.17) is 0 Å². The smallest absolute Gasteiger partial charge is 0.323 e. The second-order valence-corrected chi connectivity index (χ2v) is 6.76. The summed E-state index contributed by atoms with van der Waals surface area (Å²) in [4.78, 5) is 14.0. The zero-order chi connectivity index (χ0) is 15.2. The van der Waals surface area contributed by atoms with Crippen molar-refractivity contribution in [3.05, 3.63) is 0 Å². The molecule has 0 radical (unpaired) electrons. The molecule has 1 aliphatic heterocycles. The number of carbonyl (C=O) groups is 1. The van der Waals surface area contributed by atoms with Crippen LogP contribution in [0.5, 0.6) is 0 Å². The minimum atomic E-state index is -0.798. The molecule has 2 atom stereocenters. The van der Waals surface area contributed by atoms with Crippen LogP contribution in [0, 0.1) is 5.92 Å². The Labute approximate surface area is 123 Å². The van der Waals surface area contributed by atoms with Crippen molar-refractivity contribution in [3.8, 4) is 0 Å². The zero-order valence-corrected chi connectivity index (χ0v) is 13.6. The molecule has 0 amide bonds. The molecule has 0 aromatic heterocycles. The predicted octanol–water partition coefficient (Wildman–Crippen LogP) is 2.73. The van der Waals surface area contributed by atoms with E-state index in [0.717, 1.165) is 18.9 Å². The van der Waals surface area contributed by atoms with E-state index in [2.05, 4.69) is 17.1 Å². The summed E-state index contributed by atoms with van der Waals surface area (Å²) in [6.07, 6.45) is 5.54. The van der Waals surface area contributed by atoms with Crippen LogP contribution in [0.1, 0.15) is 59.8 Å². The summed E-state index contributed by atoms with van der Waals surface area (Å²) in [6.45, 7) is 11.5. The van der Waals surface area contributed by atoms with E-state index in [-0.39, 0.29) is 6.04 Å². The van der Waals surface area contributed by atoms with Crippen LogP contribution in [0.4, 0.5) is 0 Å². The number of hydrogen-bond donors (Lipinski definition) is 2. The standard InChI is InChI=1S/C16H32N2O2/c1-5-14-8-6-10-18(12-14)11-7-9-16(4,15(19)20)17-13(2)3/h13-14,17H,5-12H2,1-4H3,(H,19,20). The Morgan fingerprint density at radius 1 is 1.50 bits per heavy atom. The van der Waals surface area contributed by atoms with Gasteiger partial charge in [-0.3, -0.25) is 10.1 Å². The lowest BCUT2D eigenvalue weighted by molar-refractivity contribution is -0.144. The normalized spacial score (nSPS) is 23.8. The van der Waals surface area contributed by atoms with Gasteiger partial charge >= 0.3 is 5.97 Å². The summed E-state index contributed by atoms with van der Waals surface area (Å²) in [5.74, 6) is 0.0969. The van der Waals surface area contributed by atoms with Crippen molar-refractivity contribution in [2.24, 2.45) is 5.92 Å². The number of piperidine rings is 1. The number of nitrogens with zero attached hydrogens (tertiary/aromatic N) is 1. The van der Waals surface area contributed by atoms with E-state index in [0.29, 0.717) is 6.42 Å². The molecule has 4 heteroatoms. The predicted molar refractivity (Wildman–Crippen MR) is 83.0 cm³/mol. The third-order valence-electron chi connectivity index (χ3n) is 4.41. The summed E-state index contributed by atoms with van der Waals surface area (Å²) >= 11 is 0. The molecule has 2 unspecified atom stereocenters. The van der Waals surface area contributed by atoms with Gasteiger partial charge in [0.05, 0.1) is 0 Å². The quantitative estimate of drug-likeness (QED) is 0.719. The van der Waals surface area contributed by atoms with Gasteiger partial charge in [-0.1, -0.05) is 13.3 Å². The zero-order valence-electron chi connectivity index (χ0n) is 13.6. The maximum atomic E-state index is 11.5. The lowest BCUT2D eigenvalue weighted by Gasteiger charge is -2.34.